The van der Waals surface area contributed by atoms with Gasteiger partial charge in [-0.1, -0.05) is 0 Å². The van der Waals surface area contributed by atoms with Crippen molar-refractivity contribution in [2.75, 3.05) is 13.1 Å². The minimum absolute atomic E-state index is 0.0156. The van der Waals surface area contributed by atoms with Crippen LogP contribution in [-0.4, -0.2) is 29.0 Å². The van der Waals surface area contributed by atoms with E-state index in [4.69, 9.17) is 5.26 Å². The third-order valence-corrected chi connectivity index (χ3v) is 4.70. The number of benzene rings is 1. The number of carbonyl (C=O) groups is 1. The van der Waals surface area contributed by atoms with Crippen molar-refractivity contribution in [3.05, 3.63) is 40.7 Å². The molecule has 0 spiro atoms. The van der Waals surface area contributed by atoms with Gasteiger partial charge >= 0.3 is 0 Å². The number of phenolic OH excluding ortho intramolecular Hbond substituents is 1. The third-order valence-electron chi connectivity index (χ3n) is 4.70. The minimum atomic E-state index is -0.464. The lowest BCUT2D eigenvalue weighted by Crippen LogP contribution is -2.39. The molecule has 4 nitrogen and oxygen atoms in total. The van der Waals surface area contributed by atoms with E-state index >= 15 is 0 Å². The van der Waals surface area contributed by atoms with Gasteiger partial charge in [0.25, 0.3) is 5.91 Å². The molecule has 5 heteroatoms. The largest absolute Gasteiger partial charge is 0.508 e. The average Bonchev–Trinajstić information content (AvgIpc) is 3.02. The smallest absolute Gasteiger partial charge is 0.250 e. The fourth-order valence-corrected chi connectivity index (χ4v) is 3.56. The predicted molar refractivity (Wildman–Crippen MR) is 83.1 cm³/mol. The summed E-state index contributed by atoms with van der Waals surface area (Å²) < 4.78 is 13.5. The van der Waals surface area contributed by atoms with Crippen molar-refractivity contribution >= 4 is 5.91 Å². The number of aromatic hydroxyl groups is 1. The van der Waals surface area contributed by atoms with Crippen LogP contribution in [0.5, 0.6) is 5.75 Å². The molecule has 0 saturated carbocycles. The number of hydrogen-bond donors (Lipinski definition) is 1. The topological polar surface area (TPSA) is 64.3 Å². The zero-order valence-corrected chi connectivity index (χ0v) is 12.9. The van der Waals surface area contributed by atoms with E-state index in [0.29, 0.717) is 37.1 Å². The average molecular weight is 314 g/mol. The number of allylic oxidation sites excluding steroid dienone is 1. The number of phenols is 1. The second-order valence-corrected chi connectivity index (χ2v) is 6.26. The molecule has 1 aliphatic heterocycles. The standard InChI is InChI=1S/C18H19FN2O2/c19-15-7-14(8-16(22)9-15)13-4-2-6-21(11-13)18(23)17-5-1-3-12(17)10-20/h7-9,13,22H,1-6,11H2. The molecular weight excluding hydrogens is 295 g/mol. The van der Waals surface area contributed by atoms with Crippen molar-refractivity contribution in [1.82, 2.24) is 4.90 Å². The van der Waals surface area contributed by atoms with Crippen molar-refractivity contribution in [3.63, 3.8) is 0 Å². The van der Waals surface area contributed by atoms with Crippen LogP contribution in [0.3, 0.4) is 0 Å². The first kappa shape index (κ1) is 15.5. The molecule has 1 heterocycles. The monoisotopic (exact) mass is 314 g/mol. The Morgan fingerprint density at radius 3 is 2.87 bits per heavy atom. The molecule has 0 bridgehead atoms. The summed E-state index contributed by atoms with van der Waals surface area (Å²) in [4.78, 5) is 14.4. The Morgan fingerprint density at radius 2 is 2.13 bits per heavy atom. The maximum absolute atomic E-state index is 13.5. The first-order valence-electron chi connectivity index (χ1n) is 7.99. The molecule has 1 fully saturated rings. The van der Waals surface area contributed by atoms with Gasteiger partial charge in [0.05, 0.1) is 6.07 Å². The van der Waals surface area contributed by atoms with Crippen molar-refractivity contribution in [1.29, 1.82) is 5.26 Å². The number of amides is 1. The van der Waals surface area contributed by atoms with E-state index < -0.39 is 5.82 Å². The summed E-state index contributed by atoms with van der Waals surface area (Å²) in [5, 5.41) is 18.7. The van der Waals surface area contributed by atoms with E-state index in [0.717, 1.165) is 30.9 Å². The highest BCUT2D eigenvalue weighted by Crippen LogP contribution is 2.32. The second kappa shape index (κ2) is 6.41. The third kappa shape index (κ3) is 3.21. The normalized spacial score (nSPS) is 21.4. The zero-order valence-electron chi connectivity index (χ0n) is 12.9. The first-order valence-corrected chi connectivity index (χ1v) is 7.99. The molecule has 1 saturated heterocycles. The van der Waals surface area contributed by atoms with Crippen LogP contribution in [0, 0.1) is 17.1 Å². The van der Waals surface area contributed by atoms with Gasteiger partial charge in [0.15, 0.2) is 0 Å². The van der Waals surface area contributed by atoms with Gasteiger partial charge in [-0.25, -0.2) is 4.39 Å². The zero-order chi connectivity index (χ0) is 16.4. The summed E-state index contributed by atoms with van der Waals surface area (Å²) in [5.74, 6) is -0.589. The second-order valence-electron chi connectivity index (χ2n) is 6.26. The molecule has 0 aromatic heterocycles. The number of likely N-dealkylation sites (tertiary alicyclic amines) is 1. The highest BCUT2D eigenvalue weighted by molar-refractivity contribution is 5.95. The van der Waals surface area contributed by atoms with Crippen LogP contribution in [0.2, 0.25) is 0 Å². The maximum Gasteiger partial charge on any atom is 0.250 e. The van der Waals surface area contributed by atoms with Crippen molar-refractivity contribution < 1.29 is 14.3 Å². The summed E-state index contributed by atoms with van der Waals surface area (Å²) in [5.41, 5.74) is 1.98. The maximum atomic E-state index is 13.5. The predicted octanol–water partition coefficient (Wildman–Crippen LogP) is 3.24. The molecule has 2 aliphatic rings. The molecule has 1 N–H and O–H groups in total. The molecule has 0 radical (unpaired) electrons. The summed E-state index contributed by atoms with van der Waals surface area (Å²) in [7, 11) is 0. The quantitative estimate of drug-likeness (QED) is 0.911. The Kier molecular flexibility index (Phi) is 4.33. The van der Waals surface area contributed by atoms with E-state index in [1.54, 1.807) is 11.0 Å². The molecule has 1 atom stereocenters. The highest BCUT2D eigenvalue weighted by Gasteiger charge is 2.30. The summed E-state index contributed by atoms with van der Waals surface area (Å²) >= 11 is 0. The Balaban J connectivity index is 1.78. The molecule has 1 aromatic rings. The van der Waals surface area contributed by atoms with Crippen LogP contribution in [0.25, 0.3) is 0 Å². The van der Waals surface area contributed by atoms with Crippen molar-refractivity contribution in [2.24, 2.45) is 0 Å². The number of piperidine rings is 1. The van der Waals surface area contributed by atoms with Crippen LogP contribution in [0.15, 0.2) is 29.3 Å². The van der Waals surface area contributed by atoms with E-state index in [9.17, 15) is 14.3 Å². The SMILES string of the molecule is N#CC1=C(C(=O)N2CCCC(c3cc(O)cc(F)c3)C2)CCC1. The number of halogens is 1. The number of rotatable bonds is 2. The van der Waals surface area contributed by atoms with Gasteiger partial charge in [-0.3, -0.25) is 4.79 Å². The number of nitriles is 1. The molecule has 120 valence electrons. The highest BCUT2D eigenvalue weighted by atomic mass is 19.1. The minimum Gasteiger partial charge on any atom is -0.508 e. The van der Waals surface area contributed by atoms with Crippen LogP contribution < -0.4 is 0 Å². The van der Waals surface area contributed by atoms with Crippen molar-refractivity contribution in [3.8, 4) is 11.8 Å². The van der Waals surface area contributed by atoms with Crippen LogP contribution in [0.4, 0.5) is 4.39 Å². The lowest BCUT2D eigenvalue weighted by atomic mass is 9.90. The van der Waals surface area contributed by atoms with E-state index in [1.807, 2.05) is 0 Å². The Hall–Kier alpha value is -2.35. The first-order chi connectivity index (χ1) is 11.1. The van der Waals surface area contributed by atoms with E-state index in [1.165, 1.54) is 6.07 Å². The van der Waals surface area contributed by atoms with Gasteiger partial charge in [0.1, 0.15) is 11.6 Å². The lowest BCUT2D eigenvalue weighted by molar-refractivity contribution is -0.128. The fraction of sp³-hybridized carbons (Fsp3) is 0.444. The molecular formula is C18H19FN2O2. The Bertz CT molecular complexity index is 685. The Morgan fingerprint density at radius 1 is 1.30 bits per heavy atom. The molecule has 23 heavy (non-hydrogen) atoms. The van der Waals surface area contributed by atoms with Crippen LogP contribution >= 0.6 is 0 Å². The van der Waals surface area contributed by atoms with Gasteiger partial charge in [-0.05, 0) is 49.8 Å². The number of hydrogen-bond acceptors (Lipinski definition) is 3. The van der Waals surface area contributed by atoms with Gasteiger partial charge in [0, 0.05) is 36.2 Å². The molecule has 3 rings (SSSR count). The van der Waals surface area contributed by atoms with Gasteiger partial charge < -0.3 is 10.0 Å². The van der Waals surface area contributed by atoms with Gasteiger partial charge in [0.2, 0.25) is 0 Å². The van der Waals surface area contributed by atoms with E-state index in [2.05, 4.69) is 6.07 Å². The van der Waals surface area contributed by atoms with Crippen LogP contribution in [0.1, 0.15) is 43.6 Å². The summed E-state index contributed by atoms with van der Waals surface area (Å²) in [6, 6.07) is 6.21. The Labute approximate surface area is 134 Å². The fourth-order valence-electron chi connectivity index (χ4n) is 3.56. The number of carbonyl (C=O) groups excluding carboxylic acids is 1. The lowest BCUT2D eigenvalue weighted by Gasteiger charge is -2.33. The number of nitrogens with zero attached hydrogens (tertiary/aromatic N) is 2. The molecule has 1 aliphatic carbocycles. The van der Waals surface area contributed by atoms with Gasteiger partial charge in [-0.15, -0.1) is 0 Å². The molecule has 1 unspecified atom stereocenters. The van der Waals surface area contributed by atoms with Gasteiger partial charge in [-0.2, -0.15) is 5.26 Å². The van der Waals surface area contributed by atoms with Crippen molar-refractivity contribution in [2.45, 2.75) is 38.0 Å². The molecule has 1 amide bonds. The van der Waals surface area contributed by atoms with E-state index in [-0.39, 0.29) is 17.6 Å². The molecule has 1 aromatic carbocycles. The van der Waals surface area contributed by atoms with Crippen LogP contribution in [-0.2, 0) is 4.79 Å². The summed E-state index contributed by atoms with van der Waals surface area (Å²) in [6.07, 6.45) is 3.91. The summed E-state index contributed by atoms with van der Waals surface area (Å²) in [6.45, 7) is 1.17.